The van der Waals surface area contributed by atoms with E-state index in [-0.39, 0.29) is 11.1 Å². The molecule has 0 spiro atoms. The molecule has 0 aliphatic carbocycles. The van der Waals surface area contributed by atoms with Gasteiger partial charge in [0.15, 0.2) is 5.82 Å². The van der Waals surface area contributed by atoms with Crippen molar-refractivity contribution >= 4 is 43.6 Å². The van der Waals surface area contributed by atoms with Crippen LogP contribution in [0.3, 0.4) is 0 Å². The fourth-order valence-electron chi connectivity index (χ4n) is 9.49. The van der Waals surface area contributed by atoms with Crippen LogP contribution in [0.5, 0.6) is 0 Å². The Morgan fingerprint density at radius 2 is 0.924 bits per heavy atom. The van der Waals surface area contributed by atoms with Gasteiger partial charge in [0.1, 0.15) is 11.6 Å². The van der Waals surface area contributed by atoms with Crippen molar-refractivity contribution in [3.63, 3.8) is 0 Å². The van der Waals surface area contributed by atoms with Crippen LogP contribution in [0.15, 0.2) is 212 Å². The number of aromatic nitrogens is 4. The number of fused-ring (bicyclic) bond motifs is 6. The van der Waals surface area contributed by atoms with Crippen molar-refractivity contribution in [3.05, 3.63) is 230 Å². The van der Waals surface area contributed by atoms with Crippen molar-refractivity contribution in [2.24, 2.45) is 0 Å². The summed E-state index contributed by atoms with van der Waals surface area (Å²) in [5.74, 6) is -0.824. The summed E-state index contributed by atoms with van der Waals surface area (Å²) in [5.41, 5.74) is 12.1. The maximum atomic E-state index is 15.6. The normalized spacial score (nSPS) is 11.5. The lowest BCUT2D eigenvalue weighted by Crippen LogP contribution is -2.01. The van der Waals surface area contributed by atoms with Gasteiger partial charge in [0, 0.05) is 49.5 Å². The number of para-hydroxylation sites is 3. The number of halogens is 2. The largest absolute Gasteiger partial charge is 0.309 e. The molecule has 0 bridgehead atoms. The van der Waals surface area contributed by atoms with Crippen molar-refractivity contribution in [3.8, 4) is 73.6 Å². The zero-order chi connectivity index (χ0) is 44.3. The minimum Gasteiger partial charge on any atom is -0.309 e. The first-order valence-corrected chi connectivity index (χ1v) is 21.7. The molecule has 66 heavy (non-hydrogen) atoms. The van der Waals surface area contributed by atoms with Crippen LogP contribution in [0.2, 0.25) is 0 Å². The lowest BCUT2D eigenvalue weighted by molar-refractivity contribution is 0.589. The van der Waals surface area contributed by atoms with Gasteiger partial charge in [-0.05, 0) is 96.1 Å². The van der Waals surface area contributed by atoms with Gasteiger partial charge < -0.3 is 9.13 Å². The molecule has 12 rings (SSSR count). The Hall–Kier alpha value is -8.99. The van der Waals surface area contributed by atoms with Crippen LogP contribution < -0.4 is 0 Å². The standard InChI is InChI=1S/C59H35F2N5/c60-49-21-13-22-50(61)58(49)48-30-37(36-62)26-28-57(48)66-55-25-12-9-20-46(55)47-34-40(27-29-56(47)66)41-31-42(33-43(32-41)65-53-23-10-7-18-44(53)45-19-8-11-24-54(45)65)59-63-51(38-14-3-1-4-15-38)35-52(64-59)39-16-5-2-6-17-39/h1-35H. The van der Waals surface area contributed by atoms with E-state index in [0.717, 1.165) is 88.5 Å². The Morgan fingerprint density at radius 1 is 0.394 bits per heavy atom. The molecule has 3 heterocycles. The van der Waals surface area contributed by atoms with Crippen molar-refractivity contribution in [1.29, 1.82) is 5.26 Å². The maximum absolute atomic E-state index is 15.6. The highest BCUT2D eigenvalue weighted by Crippen LogP contribution is 2.42. The molecule has 9 aromatic carbocycles. The minimum absolute atomic E-state index is 0.185. The number of benzene rings is 9. The first-order chi connectivity index (χ1) is 32.5. The van der Waals surface area contributed by atoms with Crippen LogP contribution >= 0.6 is 0 Å². The Morgan fingerprint density at radius 3 is 1.53 bits per heavy atom. The molecule has 0 unspecified atom stereocenters. The quantitative estimate of drug-likeness (QED) is 0.160. The molecule has 0 atom stereocenters. The zero-order valence-corrected chi connectivity index (χ0v) is 35.2. The van der Waals surface area contributed by atoms with Crippen LogP contribution in [0.25, 0.3) is 111 Å². The molecule has 12 aromatic rings. The van der Waals surface area contributed by atoms with E-state index in [4.69, 9.17) is 9.97 Å². The molecule has 3 aromatic heterocycles. The molecule has 0 N–H and O–H groups in total. The van der Waals surface area contributed by atoms with Gasteiger partial charge >= 0.3 is 0 Å². The highest BCUT2D eigenvalue weighted by atomic mass is 19.1. The highest BCUT2D eigenvalue weighted by Gasteiger charge is 2.22. The molecule has 0 saturated carbocycles. The Kier molecular flexibility index (Phi) is 9.18. The predicted molar refractivity (Wildman–Crippen MR) is 263 cm³/mol. The molecule has 0 saturated heterocycles. The van der Waals surface area contributed by atoms with Gasteiger partial charge in [0.2, 0.25) is 0 Å². The highest BCUT2D eigenvalue weighted by molar-refractivity contribution is 6.12. The van der Waals surface area contributed by atoms with E-state index in [2.05, 4.69) is 132 Å². The molecular formula is C59H35F2N5. The predicted octanol–water partition coefficient (Wildman–Crippen LogP) is 15.2. The average molecular weight is 852 g/mol. The van der Waals surface area contributed by atoms with Crippen molar-refractivity contribution in [2.45, 2.75) is 0 Å². The third-order valence-electron chi connectivity index (χ3n) is 12.5. The van der Waals surface area contributed by atoms with E-state index in [1.54, 1.807) is 18.2 Å². The summed E-state index contributed by atoms with van der Waals surface area (Å²) in [5, 5.41) is 14.1. The maximum Gasteiger partial charge on any atom is 0.160 e. The summed E-state index contributed by atoms with van der Waals surface area (Å²) in [6, 6.07) is 71.3. The number of nitriles is 1. The summed E-state index contributed by atoms with van der Waals surface area (Å²) in [6.45, 7) is 0. The third kappa shape index (κ3) is 6.43. The summed E-state index contributed by atoms with van der Waals surface area (Å²) in [7, 11) is 0. The second-order valence-corrected chi connectivity index (χ2v) is 16.4. The number of hydrogen-bond acceptors (Lipinski definition) is 3. The zero-order valence-electron chi connectivity index (χ0n) is 35.2. The second kappa shape index (κ2) is 15.7. The fraction of sp³-hybridized carbons (Fsp3) is 0. The molecule has 7 heteroatoms. The van der Waals surface area contributed by atoms with Gasteiger partial charge in [-0.15, -0.1) is 0 Å². The Balaban J connectivity index is 1.12. The van der Waals surface area contributed by atoms with Gasteiger partial charge in [0.05, 0.1) is 56.3 Å². The number of nitrogens with zero attached hydrogens (tertiary/aromatic N) is 5. The minimum atomic E-state index is -0.706. The lowest BCUT2D eigenvalue weighted by Gasteiger charge is -2.16. The fourth-order valence-corrected chi connectivity index (χ4v) is 9.49. The van der Waals surface area contributed by atoms with E-state index in [1.165, 1.54) is 18.2 Å². The molecule has 0 aliphatic rings. The first-order valence-electron chi connectivity index (χ1n) is 21.7. The monoisotopic (exact) mass is 851 g/mol. The molecule has 310 valence electrons. The van der Waals surface area contributed by atoms with Crippen molar-refractivity contribution < 1.29 is 8.78 Å². The van der Waals surface area contributed by atoms with Gasteiger partial charge in [0.25, 0.3) is 0 Å². The van der Waals surface area contributed by atoms with E-state index < -0.39 is 11.6 Å². The summed E-state index contributed by atoms with van der Waals surface area (Å²) in [4.78, 5) is 10.5. The summed E-state index contributed by atoms with van der Waals surface area (Å²) in [6.07, 6.45) is 0. The molecule has 0 amide bonds. The van der Waals surface area contributed by atoms with E-state index in [1.807, 2.05) is 59.2 Å². The molecule has 0 radical (unpaired) electrons. The first kappa shape index (κ1) is 38.7. The van der Waals surface area contributed by atoms with Gasteiger partial charge in [-0.1, -0.05) is 127 Å². The molecule has 0 fully saturated rings. The molecule has 5 nitrogen and oxygen atoms in total. The molecule has 0 aliphatic heterocycles. The van der Waals surface area contributed by atoms with E-state index in [0.29, 0.717) is 17.1 Å². The van der Waals surface area contributed by atoms with Crippen LogP contribution in [0.4, 0.5) is 8.78 Å². The topological polar surface area (TPSA) is 59.4 Å². The summed E-state index contributed by atoms with van der Waals surface area (Å²) < 4.78 is 35.5. The van der Waals surface area contributed by atoms with Gasteiger partial charge in [-0.25, -0.2) is 18.7 Å². The summed E-state index contributed by atoms with van der Waals surface area (Å²) >= 11 is 0. The Labute approximate surface area is 378 Å². The van der Waals surface area contributed by atoms with Crippen molar-refractivity contribution in [2.75, 3.05) is 0 Å². The van der Waals surface area contributed by atoms with Crippen molar-refractivity contribution in [1.82, 2.24) is 19.1 Å². The number of rotatable bonds is 7. The van der Waals surface area contributed by atoms with E-state index >= 15 is 8.78 Å². The Bertz CT molecular complexity index is 3790. The number of hydrogen-bond donors (Lipinski definition) is 0. The molecular weight excluding hydrogens is 817 g/mol. The van der Waals surface area contributed by atoms with Gasteiger partial charge in [-0.2, -0.15) is 5.26 Å². The lowest BCUT2D eigenvalue weighted by atomic mass is 9.98. The second-order valence-electron chi connectivity index (χ2n) is 16.4. The SMILES string of the molecule is N#Cc1ccc(-n2c3ccccc3c3cc(-c4cc(-c5nc(-c6ccccc6)cc(-c6ccccc6)n5)cc(-n5c6ccccc6c6ccccc65)c4)ccc32)c(-c2c(F)cccc2F)c1. The smallest absolute Gasteiger partial charge is 0.160 e. The average Bonchev–Trinajstić information content (AvgIpc) is 3.89. The van der Waals surface area contributed by atoms with Crippen LogP contribution in [0.1, 0.15) is 5.56 Å². The third-order valence-corrected chi connectivity index (χ3v) is 12.5. The van der Waals surface area contributed by atoms with Crippen LogP contribution in [-0.2, 0) is 0 Å². The van der Waals surface area contributed by atoms with Crippen LogP contribution in [-0.4, -0.2) is 19.1 Å². The van der Waals surface area contributed by atoms with E-state index in [9.17, 15) is 5.26 Å². The van der Waals surface area contributed by atoms with Crippen LogP contribution in [0, 0.1) is 23.0 Å². The van der Waals surface area contributed by atoms with Gasteiger partial charge in [-0.3, -0.25) is 0 Å².